The molecule has 2 fully saturated rings. The van der Waals surface area contributed by atoms with Crippen molar-refractivity contribution in [3.05, 3.63) is 53.8 Å². The quantitative estimate of drug-likeness (QED) is 0.733. The van der Waals surface area contributed by atoms with Gasteiger partial charge in [-0.2, -0.15) is 0 Å². The Balaban J connectivity index is 1.43. The van der Waals surface area contributed by atoms with E-state index in [1.807, 2.05) is 0 Å². The predicted octanol–water partition coefficient (Wildman–Crippen LogP) is 4.85. The van der Waals surface area contributed by atoms with Crippen molar-refractivity contribution in [1.29, 1.82) is 0 Å². The van der Waals surface area contributed by atoms with E-state index >= 15 is 0 Å². The molecule has 0 aliphatic heterocycles. The molecule has 2 saturated carbocycles. The highest BCUT2D eigenvalue weighted by Crippen LogP contribution is 2.49. The Labute approximate surface area is 169 Å². The summed E-state index contributed by atoms with van der Waals surface area (Å²) in [6, 6.07) is 10.6. The van der Waals surface area contributed by atoms with Crippen LogP contribution in [0.1, 0.15) is 42.5 Å². The molecular formula is C23H25FN2O3. The lowest BCUT2D eigenvalue weighted by atomic mass is 9.86. The van der Waals surface area contributed by atoms with Crippen molar-refractivity contribution in [2.75, 3.05) is 17.7 Å². The number of hydrogen-bond acceptors (Lipinski definition) is 3. The van der Waals surface area contributed by atoms with Crippen LogP contribution in [0.25, 0.3) is 0 Å². The van der Waals surface area contributed by atoms with E-state index < -0.39 is 11.7 Å². The molecule has 0 heterocycles. The molecule has 2 N–H and O–H groups in total. The molecule has 0 saturated heterocycles. The van der Waals surface area contributed by atoms with E-state index in [2.05, 4.69) is 10.6 Å². The van der Waals surface area contributed by atoms with Crippen LogP contribution >= 0.6 is 0 Å². The van der Waals surface area contributed by atoms with E-state index in [9.17, 15) is 14.0 Å². The van der Waals surface area contributed by atoms with Crippen molar-refractivity contribution in [1.82, 2.24) is 0 Å². The van der Waals surface area contributed by atoms with Gasteiger partial charge >= 0.3 is 0 Å². The molecule has 4 rings (SSSR count). The second-order valence-electron chi connectivity index (χ2n) is 8.07. The number of carbonyl (C=O) groups excluding carboxylic acids is 2. The normalized spacial score (nSPS) is 22.3. The first-order valence-electron chi connectivity index (χ1n) is 10.1. The van der Waals surface area contributed by atoms with Gasteiger partial charge in [-0.25, -0.2) is 4.39 Å². The number of nitrogens with one attached hydrogen (secondary N) is 2. The number of carbonyl (C=O) groups is 2. The Morgan fingerprint density at radius 3 is 2.66 bits per heavy atom. The summed E-state index contributed by atoms with van der Waals surface area (Å²) in [6.45, 7) is 0. The molecule has 0 radical (unpaired) electrons. The number of benzene rings is 2. The molecule has 2 aliphatic carbocycles. The average Bonchev–Trinajstić information content (AvgIpc) is 3.31. The largest absolute Gasteiger partial charge is 0.495 e. The summed E-state index contributed by atoms with van der Waals surface area (Å²) < 4.78 is 18.7. The molecule has 29 heavy (non-hydrogen) atoms. The van der Waals surface area contributed by atoms with Gasteiger partial charge in [-0.15, -0.1) is 0 Å². The van der Waals surface area contributed by atoms with E-state index in [0.717, 1.165) is 12.3 Å². The van der Waals surface area contributed by atoms with Crippen LogP contribution in [-0.2, 0) is 4.79 Å². The number of methoxy groups -OCH3 is 1. The summed E-state index contributed by atoms with van der Waals surface area (Å²) in [4.78, 5) is 25.0. The summed E-state index contributed by atoms with van der Waals surface area (Å²) in [5, 5.41) is 5.67. The molecule has 2 aromatic rings. The fourth-order valence-electron chi connectivity index (χ4n) is 4.78. The highest BCUT2D eigenvalue weighted by atomic mass is 19.1. The Kier molecular flexibility index (Phi) is 5.51. The molecule has 0 aromatic heterocycles. The van der Waals surface area contributed by atoms with Crippen LogP contribution in [0.3, 0.4) is 0 Å². The van der Waals surface area contributed by atoms with E-state index in [1.54, 1.807) is 18.2 Å². The van der Waals surface area contributed by atoms with Crippen LogP contribution < -0.4 is 15.4 Å². The van der Waals surface area contributed by atoms with Gasteiger partial charge in [0.1, 0.15) is 11.6 Å². The Morgan fingerprint density at radius 1 is 1.10 bits per heavy atom. The van der Waals surface area contributed by atoms with Gasteiger partial charge in [0.15, 0.2) is 0 Å². The topological polar surface area (TPSA) is 67.4 Å². The maximum absolute atomic E-state index is 13.4. The Bertz CT molecular complexity index is 930. The van der Waals surface area contributed by atoms with Gasteiger partial charge in [-0.05, 0) is 73.4 Å². The number of halogens is 1. The van der Waals surface area contributed by atoms with Crippen molar-refractivity contribution in [3.63, 3.8) is 0 Å². The highest BCUT2D eigenvalue weighted by molar-refractivity contribution is 6.05. The summed E-state index contributed by atoms with van der Waals surface area (Å²) >= 11 is 0. The van der Waals surface area contributed by atoms with E-state index in [-0.39, 0.29) is 11.5 Å². The predicted molar refractivity (Wildman–Crippen MR) is 110 cm³/mol. The minimum atomic E-state index is -0.480. The fourth-order valence-corrected chi connectivity index (χ4v) is 4.78. The summed E-state index contributed by atoms with van der Waals surface area (Å²) in [6.07, 6.45) is 5.54. The first kappa shape index (κ1) is 19.4. The standard InChI is InChI=1S/C23H25FN2O3/c1-29-21-8-7-19(25-22(27)12-17-10-14-5-6-15(17)9-14)13-20(21)26-23(28)16-3-2-4-18(24)11-16/h2-4,7-8,11,13-15,17H,5-6,9-10,12H2,1H3,(H,25,27)(H,26,28). The van der Waals surface area contributed by atoms with Crippen LogP contribution in [0, 0.1) is 23.6 Å². The molecule has 152 valence electrons. The molecule has 2 amide bonds. The number of rotatable bonds is 6. The van der Waals surface area contributed by atoms with Gasteiger partial charge in [0.05, 0.1) is 12.8 Å². The summed E-state index contributed by atoms with van der Waals surface area (Å²) in [7, 11) is 1.50. The van der Waals surface area contributed by atoms with Crippen LogP contribution in [-0.4, -0.2) is 18.9 Å². The lowest BCUT2D eigenvalue weighted by Gasteiger charge is -2.21. The fraction of sp³-hybridized carbons (Fsp3) is 0.391. The molecule has 6 heteroatoms. The van der Waals surface area contributed by atoms with Gasteiger partial charge in [-0.3, -0.25) is 9.59 Å². The van der Waals surface area contributed by atoms with Gasteiger partial charge in [-0.1, -0.05) is 12.5 Å². The second-order valence-corrected chi connectivity index (χ2v) is 8.07. The van der Waals surface area contributed by atoms with E-state index in [4.69, 9.17) is 4.74 Å². The average molecular weight is 396 g/mol. The lowest BCUT2D eigenvalue weighted by molar-refractivity contribution is -0.117. The van der Waals surface area contributed by atoms with Gasteiger partial charge in [0.25, 0.3) is 5.91 Å². The number of fused-ring (bicyclic) bond motifs is 2. The van der Waals surface area contributed by atoms with Crippen molar-refractivity contribution in [3.8, 4) is 5.75 Å². The number of ether oxygens (including phenoxy) is 1. The third kappa shape index (κ3) is 4.42. The third-order valence-corrected chi connectivity index (χ3v) is 6.15. The van der Waals surface area contributed by atoms with Gasteiger partial charge in [0.2, 0.25) is 5.91 Å². The minimum absolute atomic E-state index is 0.00451. The number of anilines is 2. The third-order valence-electron chi connectivity index (χ3n) is 6.15. The molecular weight excluding hydrogens is 371 g/mol. The first-order chi connectivity index (χ1) is 14.0. The summed E-state index contributed by atoms with van der Waals surface area (Å²) in [5.41, 5.74) is 1.21. The number of hydrogen-bond donors (Lipinski definition) is 2. The Hall–Kier alpha value is -2.89. The van der Waals surface area contributed by atoms with Crippen molar-refractivity contribution in [2.45, 2.75) is 32.1 Å². The summed E-state index contributed by atoms with van der Waals surface area (Å²) in [5.74, 6) is 1.51. The lowest BCUT2D eigenvalue weighted by Crippen LogP contribution is -2.20. The zero-order chi connectivity index (χ0) is 20.4. The van der Waals surface area contributed by atoms with Gasteiger partial charge in [0, 0.05) is 17.7 Å². The van der Waals surface area contributed by atoms with Crippen molar-refractivity contribution >= 4 is 23.2 Å². The van der Waals surface area contributed by atoms with Gasteiger partial charge < -0.3 is 15.4 Å². The van der Waals surface area contributed by atoms with Crippen molar-refractivity contribution < 1.29 is 18.7 Å². The molecule has 2 aliphatic rings. The molecule has 2 bridgehead atoms. The van der Waals surface area contributed by atoms with Crippen LogP contribution in [0.15, 0.2) is 42.5 Å². The zero-order valence-corrected chi connectivity index (χ0v) is 16.4. The minimum Gasteiger partial charge on any atom is -0.495 e. The van der Waals surface area contributed by atoms with E-state index in [0.29, 0.717) is 35.4 Å². The van der Waals surface area contributed by atoms with Crippen LogP contribution in [0.5, 0.6) is 5.75 Å². The van der Waals surface area contributed by atoms with Crippen LogP contribution in [0.4, 0.5) is 15.8 Å². The maximum Gasteiger partial charge on any atom is 0.255 e. The number of amides is 2. The molecule has 2 aromatic carbocycles. The smallest absolute Gasteiger partial charge is 0.255 e. The molecule has 0 spiro atoms. The maximum atomic E-state index is 13.4. The SMILES string of the molecule is COc1ccc(NC(=O)CC2CC3CCC2C3)cc1NC(=O)c1cccc(F)c1. The molecule has 3 unspecified atom stereocenters. The zero-order valence-electron chi connectivity index (χ0n) is 16.4. The van der Waals surface area contributed by atoms with Crippen molar-refractivity contribution in [2.24, 2.45) is 17.8 Å². The van der Waals surface area contributed by atoms with E-state index in [1.165, 1.54) is 50.6 Å². The molecule has 3 atom stereocenters. The second kappa shape index (κ2) is 8.23. The first-order valence-corrected chi connectivity index (χ1v) is 10.1. The molecule has 5 nitrogen and oxygen atoms in total. The Morgan fingerprint density at radius 2 is 1.97 bits per heavy atom. The monoisotopic (exact) mass is 396 g/mol. The van der Waals surface area contributed by atoms with Crippen LogP contribution in [0.2, 0.25) is 0 Å². The highest BCUT2D eigenvalue weighted by Gasteiger charge is 2.40.